The van der Waals surface area contributed by atoms with E-state index in [0.29, 0.717) is 11.7 Å². The van der Waals surface area contributed by atoms with E-state index in [1.54, 1.807) is 19.1 Å². The van der Waals surface area contributed by atoms with Crippen molar-refractivity contribution in [3.8, 4) is 5.75 Å². The van der Waals surface area contributed by atoms with Crippen LogP contribution in [0.2, 0.25) is 0 Å². The van der Waals surface area contributed by atoms with E-state index in [1.807, 2.05) is 6.92 Å². The number of hydrogen-bond donors (Lipinski definition) is 1. The van der Waals surface area contributed by atoms with Gasteiger partial charge in [-0.3, -0.25) is 0 Å². The lowest BCUT2D eigenvalue weighted by atomic mass is 10.1. The Hall–Kier alpha value is -1.95. The Bertz CT molecular complexity index is 569. The molecule has 0 saturated heterocycles. The van der Waals surface area contributed by atoms with Crippen LogP contribution in [0.4, 0.5) is 4.39 Å². The molecule has 108 valence electrons. The van der Waals surface area contributed by atoms with E-state index < -0.39 is 5.82 Å². The summed E-state index contributed by atoms with van der Waals surface area (Å²) in [5.74, 6) is 0.667. The van der Waals surface area contributed by atoms with Crippen molar-refractivity contribution >= 4 is 0 Å². The molecule has 5 nitrogen and oxygen atoms in total. The van der Waals surface area contributed by atoms with Crippen LogP contribution in [0.3, 0.4) is 0 Å². The number of nitrogens with two attached hydrogens (primary N) is 1. The summed E-state index contributed by atoms with van der Waals surface area (Å²) >= 11 is 0. The lowest BCUT2D eigenvalue weighted by molar-refractivity contribution is 0.234. The maximum Gasteiger partial charge on any atom is 0.264 e. The first kappa shape index (κ1) is 14.5. The predicted molar refractivity (Wildman–Crippen MR) is 71.6 cm³/mol. The van der Waals surface area contributed by atoms with Crippen LogP contribution < -0.4 is 10.5 Å². The summed E-state index contributed by atoms with van der Waals surface area (Å²) in [6, 6.07) is 4.44. The van der Waals surface area contributed by atoms with E-state index >= 15 is 0 Å². The van der Waals surface area contributed by atoms with Crippen molar-refractivity contribution in [2.45, 2.75) is 39.3 Å². The van der Waals surface area contributed by atoms with Crippen LogP contribution in [0, 0.1) is 5.82 Å². The highest BCUT2D eigenvalue weighted by atomic mass is 19.1. The van der Waals surface area contributed by atoms with Gasteiger partial charge in [0, 0.05) is 12.5 Å². The third-order valence-electron chi connectivity index (χ3n) is 2.82. The zero-order chi connectivity index (χ0) is 14.5. The molecule has 1 aromatic carbocycles. The molecule has 0 fully saturated rings. The van der Waals surface area contributed by atoms with Crippen molar-refractivity contribution < 1.29 is 13.7 Å². The molecule has 0 spiro atoms. The van der Waals surface area contributed by atoms with Gasteiger partial charge >= 0.3 is 0 Å². The van der Waals surface area contributed by atoms with Gasteiger partial charge in [-0.05, 0) is 31.0 Å². The third kappa shape index (κ3) is 3.54. The van der Waals surface area contributed by atoms with Crippen LogP contribution in [0.5, 0.6) is 5.75 Å². The topological polar surface area (TPSA) is 74.2 Å². The van der Waals surface area contributed by atoms with Crippen LogP contribution in [-0.4, -0.2) is 10.1 Å². The second-order valence-electron chi connectivity index (χ2n) is 4.62. The molecule has 2 N–H and O–H groups in total. The molecule has 20 heavy (non-hydrogen) atoms. The van der Waals surface area contributed by atoms with E-state index in [2.05, 4.69) is 10.1 Å². The Balaban J connectivity index is 1.99. The summed E-state index contributed by atoms with van der Waals surface area (Å²) in [6.45, 7) is 3.87. The molecule has 0 bridgehead atoms. The fraction of sp³-hybridized carbons (Fsp3) is 0.429. The second-order valence-corrected chi connectivity index (χ2v) is 4.62. The maximum atomic E-state index is 13.8. The molecule has 1 aromatic heterocycles. The lowest BCUT2D eigenvalue weighted by Crippen LogP contribution is -2.06. The Labute approximate surface area is 116 Å². The van der Waals surface area contributed by atoms with E-state index in [-0.39, 0.29) is 18.4 Å². The standard InChI is InChI=1S/C14H18FN3O2/c1-3-4-13-17-14(20-18-13)8-19-12-6-5-10(9(2)16)7-11(12)15/h5-7,9H,3-4,8,16H2,1-2H3/t9-/m1/s1. The number of benzene rings is 1. The third-order valence-corrected chi connectivity index (χ3v) is 2.82. The zero-order valence-corrected chi connectivity index (χ0v) is 11.6. The Morgan fingerprint density at radius 2 is 2.25 bits per heavy atom. The molecule has 6 heteroatoms. The Morgan fingerprint density at radius 3 is 2.90 bits per heavy atom. The minimum Gasteiger partial charge on any atom is -0.481 e. The van der Waals surface area contributed by atoms with Crippen molar-refractivity contribution in [1.82, 2.24) is 10.1 Å². The fourth-order valence-electron chi connectivity index (χ4n) is 1.73. The van der Waals surface area contributed by atoms with Crippen LogP contribution in [-0.2, 0) is 13.0 Å². The number of halogens is 1. The molecule has 0 aliphatic carbocycles. The minimum absolute atomic E-state index is 0.0468. The molecule has 1 atom stereocenters. The van der Waals surface area contributed by atoms with Crippen LogP contribution >= 0.6 is 0 Å². The molecule has 0 amide bonds. The van der Waals surface area contributed by atoms with Crippen molar-refractivity contribution in [2.75, 3.05) is 0 Å². The number of rotatable bonds is 6. The van der Waals surface area contributed by atoms with Crippen molar-refractivity contribution in [3.05, 3.63) is 41.3 Å². The van der Waals surface area contributed by atoms with Crippen LogP contribution in [0.15, 0.2) is 22.7 Å². The number of hydrogen-bond acceptors (Lipinski definition) is 5. The number of nitrogens with zero attached hydrogens (tertiary/aromatic N) is 2. The van der Waals surface area contributed by atoms with Gasteiger partial charge in [-0.25, -0.2) is 4.39 Å². The number of ether oxygens (including phenoxy) is 1. The van der Waals surface area contributed by atoms with E-state index in [1.165, 1.54) is 6.07 Å². The lowest BCUT2D eigenvalue weighted by Gasteiger charge is -2.09. The average Bonchev–Trinajstić information content (AvgIpc) is 2.85. The van der Waals surface area contributed by atoms with Gasteiger partial charge in [-0.2, -0.15) is 4.98 Å². The van der Waals surface area contributed by atoms with Gasteiger partial charge in [-0.15, -0.1) is 0 Å². The first-order valence-corrected chi connectivity index (χ1v) is 6.59. The highest BCUT2D eigenvalue weighted by Gasteiger charge is 2.10. The predicted octanol–water partition coefficient (Wildman–Crippen LogP) is 2.76. The highest BCUT2D eigenvalue weighted by molar-refractivity contribution is 5.30. The summed E-state index contributed by atoms with van der Waals surface area (Å²) in [5.41, 5.74) is 6.41. The largest absolute Gasteiger partial charge is 0.481 e. The van der Waals surface area contributed by atoms with Crippen LogP contribution in [0.1, 0.15) is 43.6 Å². The fourth-order valence-corrected chi connectivity index (χ4v) is 1.73. The van der Waals surface area contributed by atoms with Gasteiger partial charge in [-0.1, -0.05) is 18.1 Å². The molecule has 0 aliphatic heterocycles. The van der Waals surface area contributed by atoms with Gasteiger partial charge in [0.25, 0.3) is 5.89 Å². The minimum atomic E-state index is -0.451. The van der Waals surface area contributed by atoms with Gasteiger partial charge in [0.15, 0.2) is 24.0 Å². The van der Waals surface area contributed by atoms with Crippen molar-refractivity contribution in [2.24, 2.45) is 5.73 Å². The molecule has 0 saturated carbocycles. The molecule has 0 radical (unpaired) electrons. The van der Waals surface area contributed by atoms with Crippen LogP contribution in [0.25, 0.3) is 0 Å². The van der Waals surface area contributed by atoms with Gasteiger partial charge < -0.3 is 15.0 Å². The summed E-state index contributed by atoms with van der Waals surface area (Å²) in [6.07, 6.45) is 1.69. The van der Waals surface area contributed by atoms with Gasteiger partial charge in [0.1, 0.15) is 0 Å². The van der Waals surface area contributed by atoms with E-state index in [9.17, 15) is 4.39 Å². The highest BCUT2D eigenvalue weighted by Crippen LogP contribution is 2.21. The summed E-state index contributed by atoms with van der Waals surface area (Å²) in [7, 11) is 0. The zero-order valence-electron chi connectivity index (χ0n) is 11.6. The summed E-state index contributed by atoms with van der Waals surface area (Å²) < 4.78 is 24.1. The van der Waals surface area contributed by atoms with Gasteiger partial charge in [0.2, 0.25) is 0 Å². The first-order valence-electron chi connectivity index (χ1n) is 6.59. The summed E-state index contributed by atoms with van der Waals surface area (Å²) in [5, 5.41) is 3.80. The molecular weight excluding hydrogens is 261 g/mol. The quantitative estimate of drug-likeness (QED) is 0.880. The van der Waals surface area contributed by atoms with Gasteiger partial charge in [0.05, 0.1) is 0 Å². The molecule has 2 rings (SSSR count). The normalized spacial score (nSPS) is 12.4. The number of aromatic nitrogens is 2. The van der Waals surface area contributed by atoms with E-state index in [0.717, 1.165) is 18.4 Å². The SMILES string of the molecule is CCCc1noc(COc2ccc([C@@H](C)N)cc2F)n1. The number of aryl methyl sites for hydroxylation is 1. The van der Waals surface area contributed by atoms with Crippen molar-refractivity contribution in [1.29, 1.82) is 0 Å². The summed E-state index contributed by atoms with van der Waals surface area (Å²) in [4.78, 5) is 4.15. The molecule has 1 heterocycles. The average molecular weight is 279 g/mol. The smallest absolute Gasteiger partial charge is 0.264 e. The monoisotopic (exact) mass is 279 g/mol. The van der Waals surface area contributed by atoms with Crippen molar-refractivity contribution in [3.63, 3.8) is 0 Å². The first-order chi connectivity index (χ1) is 9.60. The molecular formula is C14H18FN3O2. The maximum absolute atomic E-state index is 13.8. The Kier molecular flexibility index (Phi) is 4.68. The second kappa shape index (κ2) is 6.47. The molecule has 0 unspecified atom stereocenters. The molecule has 2 aromatic rings. The van der Waals surface area contributed by atoms with E-state index in [4.69, 9.17) is 15.0 Å². The molecule has 0 aliphatic rings. The Morgan fingerprint density at radius 1 is 1.45 bits per heavy atom.